The molecule has 0 spiro atoms. The molecule has 0 aliphatic carbocycles. The molecule has 2 rings (SSSR count). The second-order valence-corrected chi connectivity index (χ2v) is 5.02. The number of carbonyl (C=O) groups is 1. The zero-order chi connectivity index (χ0) is 13.8. The number of alkyl halides is 1. The van der Waals surface area contributed by atoms with Crippen molar-refractivity contribution in [2.75, 3.05) is 0 Å². The third-order valence-corrected chi connectivity index (χ3v) is 3.51. The van der Waals surface area contributed by atoms with E-state index in [2.05, 4.69) is 4.98 Å². The summed E-state index contributed by atoms with van der Waals surface area (Å²) in [7, 11) is 0. The van der Waals surface area contributed by atoms with E-state index in [9.17, 15) is 4.79 Å². The molecular weight excluding hydrogens is 285 g/mol. The molecule has 102 valence electrons. The fourth-order valence-electron chi connectivity index (χ4n) is 2.10. The van der Waals surface area contributed by atoms with Gasteiger partial charge in [0, 0.05) is 13.0 Å². The van der Waals surface area contributed by atoms with Crippen LogP contribution in [0.2, 0.25) is 5.02 Å². The van der Waals surface area contributed by atoms with E-state index in [1.807, 2.05) is 22.8 Å². The van der Waals surface area contributed by atoms with Gasteiger partial charge in [-0.15, -0.1) is 11.6 Å². The standard InChI is InChI=1S/C13H15Cl2N3O/c14-8-12-17-10-5-3-4-9(15)13(10)18(12)7-2-1-6-11(16)19/h3-5H,1-2,6-8H2,(H2,16,19). The lowest BCUT2D eigenvalue weighted by Gasteiger charge is -2.08. The fourth-order valence-corrected chi connectivity index (χ4v) is 2.58. The summed E-state index contributed by atoms with van der Waals surface area (Å²) in [5, 5.41) is 0.663. The summed E-state index contributed by atoms with van der Waals surface area (Å²) in [5.74, 6) is 0.857. The molecule has 0 saturated heterocycles. The number of amides is 1. The van der Waals surface area contributed by atoms with E-state index in [1.165, 1.54) is 0 Å². The highest BCUT2D eigenvalue weighted by atomic mass is 35.5. The minimum Gasteiger partial charge on any atom is -0.370 e. The molecule has 2 aromatic rings. The van der Waals surface area contributed by atoms with Crippen LogP contribution < -0.4 is 5.73 Å². The summed E-state index contributed by atoms with van der Waals surface area (Å²) in [4.78, 5) is 15.2. The van der Waals surface area contributed by atoms with Gasteiger partial charge in [-0.1, -0.05) is 17.7 Å². The lowest BCUT2D eigenvalue weighted by atomic mass is 10.2. The highest BCUT2D eigenvalue weighted by molar-refractivity contribution is 6.35. The average molecular weight is 300 g/mol. The molecule has 0 saturated carbocycles. The normalized spacial score (nSPS) is 11.1. The van der Waals surface area contributed by atoms with Crippen LogP contribution in [0.5, 0.6) is 0 Å². The van der Waals surface area contributed by atoms with Crippen molar-refractivity contribution in [2.45, 2.75) is 31.7 Å². The van der Waals surface area contributed by atoms with Gasteiger partial charge < -0.3 is 10.3 Å². The number of rotatable bonds is 6. The van der Waals surface area contributed by atoms with Crippen LogP contribution in [-0.2, 0) is 17.2 Å². The van der Waals surface area contributed by atoms with E-state index in [0.29, 0.717) is 17.3 Å². The van der Waals surface area contributed by atoms with Crippen molar-refractivity contribution in [1.29, 1.82) is 0 Å². The minimum absolute atomic E-state index is 0.272. The van der Waals surface area contributed by atoms with Gasteiger partial charge in [-0.3, -0.25) is 4.79 Å². The summed E-state index contributed by atoms with van der Waals surface area (Å²) in [6, 6.07) is 5.62. The number of benzene rings is 1. The first-order valence-electron chi connectivity index (χ1n) is 6.11. The van der Waals surface area contributed by atoms with E-state index >= 15 is 0 Å². The van der Waals surface area contributed by atoms with Crippen molar-refractivity contribution in [3.05, 3.63) is 29.0 Å². The quantitative estimate of drug-likeness (QED) is 0.658. The van der Waals surface area contributed by atoms with Gasteiger partial charge in [0.25, 0.3) is 0 Å². The number of carbonyl (C=O) groups excluding carboxylic acids is 1. The third kappa shape index (κ3) is 3.19. The third-order valence-electron chi connectivity index (χ3n) is 2.97. The number of unbranched alkanes of at least 4 members (excludes halogenated alkanes) is 1. The summed E-state index contributed by atoms with van der Waals surface area (Å²) in [6.45, 7) is 0.732. The Hall–Kier alpha value is -1.26. The van der Waals surface area contributed by atoms with Crippen LogP contribution in [0.3, 0.4) is 0 Å². The molecule has 0 unspecified atom stereocenters. The molecule has 0 fully saturated rings. The SMILES string of the molecule is NC(=O)CCCCn1c(CCl)nc2cccc(Cl)c21. The Bertz CT molecular complexity index is 595. The molecule has 1 amide bonds. The Morgan fingerprint density at radius 2 is 2.16 bits per heavy atom. The molecule has 0 bridgehead atoms. The number of nitrogens with zero attached hydrogens (tertiary/aromatic N) is 2. The van der Waals surface area contributed by atoms with Gasteiger partial charge in [-0.25, -0.2) is 4.98 Å². The van der Waals surface area contributed by atoms with Crippen molar-refractivity contribution in [1.82, 2.24) is 9.55 Å². The molecule has 4 nitrogen and oxygen atoms in total. The lowest BCUT2D eigenvalue weighted by molar-refractivity contribution is -0.118. The topological polar surface area (TPSA) is 60.9 Å². The number of primary amides is 1. The number of para-hydroxylation sites is 1. The van der Waals surface area contributed by atoms with Crippen LogP contribution in [0.4, 0.5) is 0 Å². The molecule has 0 aliphatic rings. The van der Waals surface area contributed by atoms with Gasteiger partial charge in [0.05, 0.1) is 21.9 Å². The first kappa shape index (κ1) is 14.2. The molecule has 6 heteroatoms. The highest BCUT2D eigenvalue weighted by Gasteiger charge is 2.12. The van der Waals surface area contributed by atoms with Gasteiger partial charge in [0.15, 0.2) is 0 Å². The molecule has 0 atom stereocenters. The van der Waals surface area contributed by atoms with Crippen LogP contribution >= 0.6 is 23.2 Å². The van der Waals surface area contributed by atoms with Gasteiger partial charge in [0.1, 0.15) is 5.82 Å². The van der Waals surface area contributed by atoms with E-state index in [0.717, 1.165) is 36.2 Å². The molecule has 0 radical (unpaired) electrons. The van der Waals surface area contributed by atoms with E-state index in [4.69, 9.17) is 28.9 Å². The highest BCUT2D eigenvalue weighted by Crippen LogP contribution is 2.25. The smallest absolute Gasteiger partial charge is 0.217 e. The van der Waals surface area contributed by atoms with Gasteiger partial charge in [-0.2, -0.15) is 0 Å². The monoisotopic (exact) mass is 299 g/mol. The Morgan fingerprint density at radius 1 is 1.37 bits per heavy atom. The first-order valence-corrected chi connectivity index (χ1v) is 7.02. The Labute approximate surface area is 121 Å². The largest absolute Gasteiger partial charge is 0.370 e. The van der Waals surface area contributed by atoms with Crippen molar-refractivity contribution in [2.24, 2.45) is 5.73 Å². The maximum atomic E-state index is 10.7. The maximum Gasteiger partial charge on any atom is 0.217 e. The van der Waals surface area contributed by atoms with Crippen LogP contribution in [0.1, 0.15) is 25.1 Å². The average Bonchev–Trinajstić information content (AvgIpc) is 2.74. The van der Waals surface area contributed by atoms with Crippen LogP contribution in [0.25, 0.3) is 11.0 Å². The number of nitrogens with two attached hydrogens (primary N) is 1. The number of hydrogen-bond acceptors (Lipinski definition) is 2. The molecule has 0 aliphatic heterocycles. The van der Waals surface area contributed by atoms with Gasteiger partial charge >= 0.3 is 0 Å². The first-order chi connectivity index (χ1) is 9.13. The Balaban J connectivity index is 2.22. The predicted octanol–water partition coefficient (Wildman–Crippen LogP) is 3.08. The van der Waals surface area contributed by atoms with Crippen molar-refractivity contribution in [3.63, 3.8) is 0 Å². The van der Waals surface area contributed by atoms with Crippen molar-refractivity contribution in [3.8, 4) is 0 Å². The summed E-state index contributed by atoms with van der Waals surface area (Å²) >= 11 is 12.1. The zero-order valence-corrected chi connectivity index (χ0v) is 11.9. The van der Waals surface area contributed by atoms with E-state index in [-0.39, 0.29) is 5.91 Å². The maximum absolute atomic E-state index is 10.7. The molecule has 1 aromatic heterocycles. The summed E-state index contributed by atoms with van der Waals surface area (Å²) in [5.41, 5.74) is 6.87. The second-order valence-electron chi connectivity index (χ2n) is 4.34. The van der Waals surface area contributed by atoms with E-state index < -0.39 is 0 Å². The minimum atomic E-state index is -0.272. The number of halogens is 2. The molecule has 1 aromatic carbocycles. The van der Waals surface area contributed by atoms with Crippen LogP contribution in [0.15, 0.2) is 18.2 Å². The summed E-state index contributed by atoms with van der Waals surface area (Å²) < 4.78 is 2.02. The van der Waals surface area contributed by atoms with E-state index in [1.54, 1.807) is 0 Å². The molecule has 19 heavy (non-hydrogen) atoms. The van der Waals surface area contributed by atoms with Crippen molar-refractivity contribution < 1.29 is 4.79 Å². The Kier molecular flexibility index (Phi) is 4.66. The van der Waals surface area contributed by atoms with Gasteiger partial charge in [-0.05, 0) is 25.0 Å². The second kappa shape index (κ2) is 6.26. The fraction of sp³-hybridized carbons (Fsp3) is 0.385. The van der Waals surface area contributed by atoms with Crippen LogP contribution in [0, 0.1) is 0 Å². The predicted molar refractivity (Wildman–Crippen MR) is 77.3 cm³/mol. The number of fused-ring (bicyclic) bond motifs is 1. The summed E-state index contributed by atoms with van der Waals surface area (Å²) in [6.07, 6.45) is 1.99. The number of aryl methyl sites for hydroxylation is 1. The zero-order valence-electron chi connectivity index (χ0n) is 10.4. The molecule has 2 N–H and O–H groups in total. The lowest BCUT2D eigenvalue weighted by Crippen LogP contribution is -2.10. The Morgan fingerprint density at radius 3 is 2.84 bits per heavy atom. The van der Waals surface area contributed by atoms with Gasteiger partial charge in [0.2, 0.25) is 5.91 Å². The molecule has 1 heterocycles. The van der Waals surface area contributed by atoms with Crippen LogP contribution in [-0.4, -0.2) is 15.5 Å². The number of imidazole rings is 1. The number of hydrogen-bond donors (Lipinski definition) is 1. The molecular formula is C13H15Cl2N3O. The number of aromatic nitrogens is 2. The van der Waals surface area contributed by atoms with Crippen molar-refractivity contribution >= 4 is 40.1 Å².